The summed E-state index contributed by atoms with van der Waals surface area (Å²) in [5.41, 5.74) is 6.79. The van der Waals surface area contributed by atoms with Gasteiger partial charge in [0.15, 0.2) is 0 Å². The molecule has 0 saturated heterocycles. The number of methoxy groups -OCH3 is 1. The third-order valence-electron chi connectivity index (χ3n) is 2.01. The Morgan fingerprint density at radius 1 is 1.50 bits per heavy atom. The van der Waals surface area contributed by atoms with E-state index in [2.05, 4.69) is 4.98 Å². The molecule has 0 aliphatic heterocycles. The Morgan fingerprint density at radius 3 is 3.00 bits per heavy atom. The molecule has 0 unspecified atom stereocenters. The van der Waals surface area contributed by atoms with Crippen LogP contribution < -0.4 is 5.73 Å². The quantitative estimate of drug-likeness (QED) is 0.409. The van der Waals surface area contributed by atoms with E-state index in [9.17, 15) is 0 Å². The Kier molecular flexibility index (Phi) is 5.45. The average Bonchev–Trinajstić information content (AvgIpc) is 2.29. The van der Waals surface area contributed by atoms with Crippen LogP contribution in [0.25, 0.3) is 0 Å². The molecule has 5 heteroatoms. The predicted molar refractivity (Wildman–Crippen MR) is 61.4 cm³/mol. The van der Waals surface area contributed by atoms with Crippen LogP contribution in [0, 0.1) is 5.41 Å². The molecule has 3 N–H and O–H groups in total. The molecule has 0 aromatic carbocycles. The molecular weight excluding hydrogens is 206 g/mol. The van der Waals surface area contributed by atoms with Gasteiger partial charge in [-0.15, -0.1) is 0 Å². The van der Waals surface area contributed by atoms with Crippen molar-refractivity contribution in [1.29, 1.82) is 5.41 Å². The summed E-state index contributed by atoms with van der Waals surface area (Å²) in [7, 11) is 1.67. The SMILES string of the molecule is COCCCOCc1ccnc(C(=N)N)c1. The number of rotatable bonds is 7. The second-order valence-corrected chi connectivity index (χ2v) is 3.36. The lowest BCUT2D eigenvalue weighted by atomic mass is 10.2. The standard InChI is InChI=1S/C11H17N3O2/c1-15-5-2-6-16-8-9-3-4-14-10(7-9)11(12)13/h3-4,7H,2,5-6,8H2,1H3,(H3,12,13). The first-order chi connectivity index (χ1) is 7.74. The van der Waals surface area contributed by atoms with E-state index in [1.165, 1.54) is 0 Å². The number of hydrogen-bond donors (Lipinski definition) is 2. The average molecular weight is 223 g/mol. The van der Waals surface area contributed by atoms with Gasteiger partial charge in [-0.2, -0.15) is 0 Å². The number of nitrogens with zero attached hydrogens (tertiary/aromatic N) is 1. The first-order valence-corrected chi connectivity index (χ1v) is 5.10. The monoisotopic (exact) mass is 223 g/mol. The number of nitrogens with one attached hydrogen (secondary N) is 1. The lowest BCUT2D eigenvalue weighted by Gasteiger charge is -2.05. The lowest BCUT2D eigenvalue weighted by molar-refractivity contribution is 0.0928. The normalized spacial score (nSPS) is 10.3. The van der Waals surface area contributed by atoms with Gasteiger partial charge in [-0.3, -0.25) is 10.4 Å². The highest BCUT2D eigenvalue weighted by atomic mass is 16.5. The maximum Gasteiger partial charge on any atom is 0.141 e. The number of amidine groups is 1. The number of nitrogen functional groups attached to an aromatic ring is 1. The smallest absolute Gasteiger partial charge is 0.141 e. The molecule has 0 bridgehead atoms. The van der Waals surface area contributed by atoms with Crippen molar-refractivity contribution in [3.8, 4) is 0 Å². The van der Waals surface area contributed by atoms with E-state index in [0.717, 1.165) is 12.0 Å². The van der Waals surface area contributed by atoms with Crippen LogP contribution in [0.15, 0.2) is 18.3 Å². The van der Waals surface area contributed by atoms with Crippen molar-refractivity contribution in [3.63, 3.8) is 0 Å². The van der Waals surface area contributed by atoms with Crippen LogP contribution >= 0.6 is 0 Å². The summed E-state index contributed by atoms with van der Waals surface area (Å²) in [6, 6.07) is 3.61. The second-order valence-electron chi connectivity index (χ2n) is 3.36. The zero-order chi connectivity index (χ0) is 11.8. The zero-order valence-corrected chi connectivity index (χ0v) is 9.40. The Balaban J connectivity index is 2.36. The number of aromatic nitrogens is 1. The molecule has 0 saturated carbocycles. The fourth-order valence-corrected chi connectivity index (χ4v) is 1.21. The van der Waals surface area contributed by atoms with Crippen molar-refractivity contribution in [2.45, 2.75) is 13.0 Å². The molecule has 0 aliphatic rings. The van der Waals surface area contributed by atoms with Crippen LogP contribution in [0.1, 0.15) is 17.7 Å². The van der Waals surface area contributed by atoms with E-state index in [1.54, 1.807) is 19.4 Å². The molecule has 1 aromatic heterocycles. The van der Waals surface area contributed by atoms with Gasteiger partial charge in [-0.25, -0.2) is 0 Å². The van der Waals surface area contributed by atoms with Crippen LogP contribution in [0.5, 0.6) is 0 Å². The molecule has 5 nitrogen and oxygen atoms in total. The Bertz CT molecular complexity index is 342. The molecule has 0 amide bonds. The summed E-state index contributed by atoms with van der Waals surface area (Å²) in [6.07, 6.45) is 2.51. The van der Waals surface area contributed by atoms with Gasteiger partial charge in [0.05, 0.1) is 6.61 Å². The van der Waals surface area contributed by atoms with E-state index in [4.69, 9.17) is 20.6 Å². The number of nitrogens with two attached hydrogens (primary N) is 1. The van der Waals surface area contributed by atoms with Crippen LogP contribution in [0.4, 0.5) is 0 Å². The molecule has 0 atom stereocenters. The topological polar surface area (TPSA) is 81.2 Å². The second kappa shape index (κ2) is 6.92. The molecule has 0 aliphatic carbocycles. The van der Waals surface area contributed by atoms with Crippen molar-refractivity contribution in [2.24, 2.45) is 5.73 Å². The number of ether oxygens (including phenoxy) is 2. The molecular formula is C11H17N3O2. The molecule has 16 heavy (non-hydrogen) atoms. The van der Waals surface area contributed by atoms with Gasteiger partial charge >= 0.3 is 0 Å². The third kappa shape index (κ3) is 4.37. The summed E-state index contributed by atoms with van der Waals surface area (Å²) in [5.74, 6) is -0.0266. The van der Waals surface area contributed by atoms with Gasteiger partial charge in [0.25, 0.3) is 0 Å². The van der Waals surface area contributed by atoms with Crippen LogP contribution in [-0.2, 0) is 16.1 Å². The number of hydrogen-bond acceptors (Lipinski definition) is 4. The molecule has 1 heterocycles. The van der Waals surface area contributed by atoms with Crippen molar-refractivity contribution in [2.75, 3.05) is 20.3 Å². The van der Waals surface area contributed by atoms with E-state index in [-0.39, 0.29) is 5.84 Å². The molecule has 1 aromatic rings. The van der Waals surface area contributed by atoms with Gasteiger partial charge in [-0.1, -0.05) is 0 Å². The number of pyridine rings is 1. The van der Waals surface area contributed by atoms with Crippen LogP contribution in [0.3, 0.4) is 0 Å². The maximum atomic E-state index is 7.26. The summed E-state index contributed by atoms with van der Waals surface area (Å²) in [4.78, 5) is 3.97. The Hall–Kier alpha value is -1.46. The van der Waals surface area contributed by atoms with Gasteiger partial charge in [0.2, 0.25) is 0 Å². The molecule has 0 spiro atoms. The molecule has 0 fully saturated rings. The van der Waals surface area contributed by atoms with E-state index >= 15 is 0 Å². The van der Waals surface area contributed by atoms with Gasteiger partial charge in [-0.05, 0) is 24.1 Å². The van der Waals surface area contributed by atoms with Crippen molar-refractivity contribution in [1.82, 2.24) is 4.98 Å². The highest BCUT2D eigenvalue weighted by Gasteiger charge is 2.00. The summed E-state index contributed by atoms with van der Waals surface area (Å²) in [5, 5.41) is 7.26. The third-order valence-corrected chi connectivity index (χ3v) is 2.01. The van der Waals surface area contributed by atoms with Gasteiger partial charge < -0.3 is 15.2 Å². The largest absolute Gasteiger partial charge is 0.385 e. The van der Waals surface area contributed by atoms with Gasteiger partial charge in [0.1, 0.15) is 11.5 Å². The molecule has 1 rings (SSSR count). The van der Waals surface area contributed by atoms with Crippen molar-refractivity contribution >= 4 is 5.84 Å². The maximum absolute atomic E-state index is 7.26. The fourth-order valence-electron chi connectivity index (χ4n) is 1.21. The van der Waals surface area contributed by atoms with E-state index < -0.39 is 0 Å². The highest BCUT2D eigenvalue weighted by molar-refractivity contribution is 5.93. The Morgan fingerprint density at radius 2 is 2.31 bits per heavy atom. The Labute approximate surface area is 95.1 Å². The van der Waals surface area contributed by atoms with Crippen molar-refractivity contribution < 1.29 is 9.47 Å². The predicted octanol–water partition coefficient (Wildman–Crippen LogP) is 0.919. The minimum atomic E-state index is -0.0266. The fraction of sp³-hybridized carbons (Fsp3) is 0.455. The minimum absolute atomic E-state index is 0.0266. The van der Waals surface area contributed by atoms with Crippen LogP contribution in [0.2, 0.25) is 0 Å². The van der Waals surface area contributed by atoms with E-state index in [1.807, 2.05) is 6.07 Å². The summed E-state index contributed by atoms with van der Waals surface area (Å²) < 4.78 is 10.3. The van der Waals surface area contributed by atoms with Crippen LogP contribution in [-0.4, -0.2) is 31.1 Å². The molecule has 0 radical (unpaired) electrons. The van der Waals surface area contributed by atoms with E-state index in [0.29, 0.717) is 25.5 Å². The first kappa shape index (κ1) is 12.6. The van der Waals surface area contributed by atoms with Crippen molar-refractivity contribution in [3.05, 3.63) is 29.6 Å². The minimum Gasteiger partial charge on any atom is -0.385 e. The zero-order valence-electron chi connectivity index (χ0n) is 9.40. The summed E-state index contributed by atoms with van der Waals surface area (Å²) in [6.45, 7) is 1.87. The summed E-state index contributed by atoms with van der Waals surface area (Å²) >= 11 is 0. The lowest BCUT2D eigenvalue weighted by Crippen LogP contribution is -2.13. The molecule has 88 valence electrons. The highest BCUT2D eigenvalue weighted by Crippen LogP contribution is 2.03. The van der Waals surface area contributed by atoms with Gasteiger partial charge in [0, 0.05) is 26.5 Å². The first-order valence-electron chi connectivity index (χ1n) is 5.10.